The molecule has 0 atom stereocenters. The molecular weight excluding hydrogens is 320 g/mol. The first kappa shape index (κ1) is 16.9. The molecule has 0 bridgehead atoms. The summed E-state index contributed by atoms with van der Waals surface area (Å²) in [7, 11) is 1.91. The minimum absolute atomic E-state index is 0.0704. The van der Waals surface area contributed by atoms with Crippen molar-refractivity contribution in [1.82, 2.24) is 20.1 Å². The lowest BCUT2D eigenvalue weighted by molar-refractivity contribution is -0.116. The third-order valence-corrected chi connectivity index (χ3v) is 5.71. The van der Waals surface area contributed by atoms with E-state index in [4.69, 9.17) is 4.98 Å². The van der Waals surface area contributed by atoms with Gasteiger partial charge in [-0.1, -0.05) is 0 Å². The Morgan fingerprint density at radius 3 is 2.83 bits per heavy atom. The Labute approximate surface area is 146 Å². The van der Waals surface area contributed by atoms with Crippen LogP contribution in [0.5, 0.6) is 0 Å². The molecule has 0 saturated carbocycles. The molecule has 1 amide bonds. The number of thiazole rings is 1. The Bertz CT molecular complexity index is 749. The summed E-state index contributed by atoms with van der Waals surface area (Å²) in [4.78, 5) is 18.1. The SMILES string of the molecule is Cc1nn(C)c(C)c1/C=C/C(=O)NCCc1nc2c(s1)CCCC2. The number of hydrogen-bond acceptors (Lipinski definition) is 4. The average molecular weight is 344 g/mol. The van der Waals surface area contributed by atoms with Crippen LogP contribution < -0.4 is 5.32 Å². The smallest absolute Gasteiger partial charge is 0.244 e. The summed E-state index contributed by atoms with van der Waals surface area (Å²) in [5.74, 6) is -0.0704. The number of aromatic nitrogens is 3. The lowest BCUT2D eigenvalue weighted by Gasteiger charge is -2.06. The number of nitrogens with one attached hydrogen (secondary N) is 1. The summed E-state index contributed by atoms with van der Waals surface area (Å²) in [6.45, 7) is 4.58. The minimum atomic E-state index is -0.0704. The molecule has 128 valence electrons. The zero-order valence-electron chi connectivity index (χ0n) is 14.6. The molecule has 1 N–H and O–H groups in total. The molecule has 0 unspecified atom stereocenters. The van der Waals surface area contributed by atoms with Gasteiger partial charge >= 0.3 is 0 Å². The van der Waals surface area contributed by atoms with E-state index < -0.39 is 0 Å². The van der Waals surface area contributed by atoms with Gasteiger partial charge in [-0.05, 0) is 45.6 Å². The van der Waals surface area contributed by atoms with Crippen LogP contribution in [-0.2, 0) is 31.1 Å². The van der Waals surface area contributed by atoms with Crippen molar-refractivity contribution < 1.29 is 4.79 Å². The number of amides is 1. The fourth-order valence-corrected chi connectivity index (χ4v) is 4.21. The van der Waals surface area contributed by atoms with Crippen molar-refractivity contribution in [3.8, 4) is 0 Å². The Balaban J connectivity index is 1.50. The molecular formula is C18H24N4OS. The number of rotatable bonds is 5. The van der Waals surface area contributed by atoms with Crippen LogP contribution in [0.3, 0.4) is 0 Å². The minimum Gasteiger partial charge on any atom is -0.352 e. The van der Waals surface area contributed by atoms with Gasteiger partial charge in [-0.15, -0.1) is 11.3 Å². The fraction of sp³-hybridized carbons (Fsp3) is 0.500. The van der Waals surface area contributed by atoms with Crippen LogP contribution in [0.4, 0.5) is 0 Å². The zero-order chi connectivity index (χ0) is 17.1. The van der Waals surface area contributed by atoms with Gasteiger partial charge in [0.25, 0.3) is 0 Å². The second kappa shape index (κ2) is 7.30. The highest BCUT2D eigenvalue weighted by molar-refractivity contribution is 7.11. The highest BCUT2D eigenvalue weighted by Gasteiger charge is 2.14. The molecule has 2 aromatic rings. The van der Waals surface area contributed by atoms with Crippen LogP contribution >= 0.6 is 11.3 Å². The molecule has 5 nitrogen and oxygen atoms in total. The van der Waals surface area contributed by atoms with E-state index in [2.05, 4.69) is 10.4 Å². The van der Waals surface area contributed by atoms with Gasteiger partial charge in [-0.3, -0.25) is 9.48 Å². The molecule has 2 aromatic heterocycles. The number of carbonyl (C=O) groups is 1. The molecule has 0 aromatic carbocycles. The molecule has 0 saturated heterocycles. The maximum atomic E-state index is 12.0. The molecule has 0 radical (unpaired) electrons. The monoisotopic (exact) mass is 344 g/mol. The molecule has 3 rings (SSSR count). The Morgan fingerprint density at radius 2 is 2.12 bits per heavy atom. The van der Waals surface area contributed by atoms with Gasteiger partial charge in [0.15, 0.2) is 0 Å². The van der Waals surface area contributed by atoms with E-state index in [-0.39, 0.29) is 5.91 Å². The van der Waals surface area contributed by atoms with Crippen LogP contribution in [0.2, 0.25) is 0 Å². The molecule has 0 aliphatic heterocycles. The number of carbonyl (C=O) groups excluding carboxylic acids is 1. The molecule has 0 spiro atoms. The molecule has 1 aliphatic carbocycles. The first-order valence-corrected chi connectivity index (χ1v) is 9.30. The fourth-order valence-electron chi connectivity index (χ4n) is 3.05. The zero-order valence-corrected chi connectivity index (χ0v) is 15.4. The van der Waals surface area contributed by atoms with Crippen molar-refractivity contribution in [3.05, 3.63) is 38.6 Å². The lowest BCUT2D eigenvalue weighted by Crippen LogP contribution is -2.23. The van der Waals surface area contributed by atoms with Gasteiger partial charge in [0.2, 0.25) is 5.91 Å². The third kappa shape index (κ3) is 3.75. The summed E-state index contributed by atoms with van der Waals surface area (Å²) in [6.07, 6.45) is 9.06. The Hall–Kier alpha value is -1.95. The topological polar surface area (TPSA) is 59.8 Å². The van der Waals surface area contributed by atoms with E-state index in [1.807, 2.05) is 43.0 Å². The van der Waals surface area contributed by atoms with E-state index >= 15 is 0 Å². The standard InChI is InChI=1S/C18H24N4OS/c1-12-14(13(2)22(3)21-12)8-9-17(23)19-11-10-18-20-15-6-4-5-7-16(15)24-18/h8-9H,4-7,10-11H2,1-3H3,(H,19,23)/b9-8+. The lowest BCUT2D eigenvalue weighted by atomic mass is 10.0. The van der Waals surface area contributed by atoms with Crippen molar-refractivity contribution in [1.29, 1.82) is 0 Å². The third-order valence-electron chi connectivity index (χ3n) is 4.49. The average Bonchev–Trinajstić information content (AvgIpc) is 3.07. The van der Waals surface area contributed by atoms with Gasteiger partial charge in [-0.25, -0.2) is 4.98 Å². The van der Waals surface area contributed by atoms with Crippen molar-refractivity contribution in [2.45, 2.75) is 46.0 Å². The van der Waals surface area contributed by atoms with E-state index in [9.17, 15) is 4.79 Å². The molecule has 24 heavy (non-hydrogen) atoms. The summed E-state index contributed by atoms with van der Waals surface area (Å²) in [5, 5.41) is 8.43. The quantitative estimate of drug-likeness (QED) is 0.849. The second-order valence-electron chi connectivity index (χ2n) is 6.27. The van der Waals surface area contributed by atoms with E-state index in [1.165, 1.54) is 29.8 Å². The predicted molar refractivity (Wildman–Crippen MR) is 97.2 cm³/mol. The first-order valence-electron chi connectivity index (χ1n) is 8.48. The molecule has 0 fully saturated rings. The Morgan fingerprint density at radius 1 is 1.33 bits per heavy atom. The van der Waals surface area contributed by atoms with Crippen LogP contribution in [0.25, 0.3) is 6.08 Å². The highest BCUT2D eigenvalue weighted by Crippen LogP contribution is 2.26. The predicted octanol–water partition coefficient (Wildman–Crippen LogP) is 2.74. The van der Waals surface area contributed by atoms with Gasteiger partial charge < -0.3 is 5.32 Å². The van der Waals surface area contributed by atoms with Crippen molar-refractivity contribution >= 4 is 23.3 Å². The van der Waals surface area contributed by atoms with Gasteiger partial charge in [0, 0.05) is 42.2 Å². The molecule has 1 aliphatic rings. The van der Waals surface area contributed by atoms with Crippen molar-refractivity contribution in [2.24, 2.45) is 7.05 Å². The molecule has 6 heteroatoms. The number of aryl methyl sites for hydroxylation is 4. The number of hydrogen-bond donors (Lipinski definition) is 1. The van der Waals surface area contributed by atoms with Crippen LogP contribution in [0.15, 0.2) is 6.08 Å². The van der Waals surface area contributed by atoms with Crippen molar-refractivity contribution in [3.63, 3.8) is 0 Å². The highest BCUT2D eigenvalue weighted by atomic mass is 32.1. The van der Waals surface area contributed by atoms with Crippen LogP contribution in [0, 0.1) is 13.8 Å². The summed E-state index contributed by atoms with van der Waals surface area (Å²) >= 11 is 1.81. The van der Waals surface area contributed by atoms with Crippen LogP contribution in [0.1, 0.15) is 45.4 Å². The second-order valence-corrected chi connectivity index (χ2v) is 7.44. The summed E-state index contributed by atoms with van der Waals surface area (Å²) in [5.41, 5.74) is 4.30. The number of nitrogens with zero attached hydrogens (tertiary/aromatic N) is 3. The Kier molecular flexibility index (Phi) is 5.14. The normalized spacial score (nSPS) is 14.1. The van der Waals surface area contributed by atoms with E-state index in [0.717, 1.165) is 34.8 Å². The number of fused-ring (bicyclic) bond motifs is 1. The molecule has 2 heterocycles. The van der Waals surface area contributed by atoms with E-state index in [1.54, 1.807) is 6.08 Å². The maximum absolute atomic E-state index is 12.0. The van der Waals surface area contributed by atoms with Gasteiger partial charge in [-0.2, -0.15) is 5.10 Å². The van der Waals surface area contributed by atoms with Gasteiger partial charge in [0.05, 0.1) is 16.4 Å². The summed E-state index contributed by atoms with van der Waals surface area (Å²) < 4.78 is 1.83. The first-order chi connectivity index (χ1) is 11.5. The van der Waals surface area contributed by atoms with Crippen LogP contribution in [-0.4, -0.2) is 27.2 Å². The van der Waals surface area contributed by atoms with Gasteiger partial charge in [0.1, 0.15) is 0 Å². The largest absolute Gasteiger partial charge is 0.352 e. The maximum Gasteiger partial charge on any atom is 0.244 e. The van der Waals surface area contributed by atoms with E-state index in [0.29, 0.717) is 6.54 Å². The summed E-state index contributed by atoms with van der Waals surface area (Å²) in [6, 6.07) is 0. The van der Waals surface area contributed by atoms with Crippen molar-refractivity contribution in [2.75, 3.05) is 6.54 Å².